The van der Waals surface area contributed by atoms with E-state index in [0.29, 0.717) is 0 Å². The first kappa shape index (κ1) is 11.2. The van der Waals surface area contributed by atoms with E-state index in [1.54, 1.807) is 0 Å². The van der Waals surface area contributed by atoms with Crippen LogP contribution in [0.2, 0.25) is 0 Å². The number of nitrogens with one attached hydrogen (secondary N) is 1. The van der Waals surface area contributed by atoms with Crippen LogP contribution in [-0.2, 0) is 14.3 Å². The number of aliphatic hydroxyl groups is 1. The summed E-state index contributed by atoms with van der Waals surface area (Å²) in [5.74, 6) is -1.79. The lowest BCUT2D eigenvalue weighted by atomic mass is 10.5. The van der Waals surface area contributed by atoms with Gasteiger partial charge in [-0.25, -0.2) is 4.79 Å². The van der Waals surface area contributed by atoms with Gasteiger partial charge in [-0.3, -0.25) is 4.79 Å². The largest absolute Gasteiger partial charge is 0.465 e. The fourth-order valence-corrected chi connectivity index (χ4v) is 0.655. The molecule has 0 fully saturated rings. The minimum Gasteiger partial charge on any atom is -0.465 e. The number of hydrogen-bond acceptors (Lipinski definition) is 6. The molecule has 1 unspecified atom stereocenters. The van der Waals surface area contributed by atoms with E-state index in [9.17, 15) is 9.59 Å². The molecule has 0 saturated carbocycles. The zero-order chi connectivity index (χ0) is 9.78. The van der Waals surface area contributed by atoms with E-state index >= 15 is 0 Å². The Hall–Kier alpha value is -0.790. The number of hydrogen-bond donors (Lipinski definition) is 4. The Labute approximate surface area is 74.5 Å². The first-order valence-corrected chi connectivity index (χ1v) is 3.43. The van der Waals surface area contributed by atoms with E-state index in [1.807, 2.05) is 5.32 Å². The first-order valence-electron chi connectivity index (χ1n) is 2.98. The van der Waals surface area contributed by atoms with E-state index in [-0.39, 0.29) is 6.54 Å². The van der Waals surface area contributed by atoms with Gasteiger partial charge in [0.15, 0.2) is 0 Å². The summed E-state index contributed by atoms with van der Waals surface area (Å²) in [6.07, 6.45) is 0. The molecule has 0 heterocycles. The van der Waals surface area contributed by atoms with Crippen molar-refractivity contribution >= 4 is 24.5 Å². The molecule has 0 spiro atoms. The van der Waals surface area contributed by atoms with E-state index in [2.05, 4.69) is 17.4 Å². The van der Waals surface area contributed by atoms with Gasteiger partial charge in [-0.15, -0.1) is 12.6 Å². The minimum atomic E-state index is -2.31. The van der Waals surface area contributed by atoms with E-state index in [1.165, 1.54) is 0 Å². The number of esters is 1. The van der Waals surface area contributed by atoms with Gasteiger partial charge in [0.05, 0.1) is 13.7 Å². The van der Waals surface area contributed by atoms with Gasteiger partial charge in [0, 0.05) is 0 Å². The van der Waals surface area contributed by atoms with Crippen molar-refractivity contribution in [2.45, 2.75) is 5.06 Å². The molecule has 0 aliphatic heterocycles. The number of carbonyl (C=O) groups excluding carboxylic acids is 2. The van der Waals surface area contributed by atoms with Crippen LogP contribution in [0.1, 0.15) is 0 Å². The van der Waals surface area contributed by atoms with E-state index in [4.69, 9.17) is 10.8 Å². The molecule has 12 heavy (non-hydrogen) atoms. The molecule has 0 aliphatic carbocycles. The molecule has 0 aliphatic rings. The molecule has 0 aromatic carbocycles. The standard InChI is InChI=1S/C5H10N2O4S/c1-11-4(9)5(10,12)7-3(8)2-6/h10,12H,2,6H2,1H3,(H,7,8). The van der Waals surface area contributed by atoms with Gasteiger partial charge in [-0.1, -0.05) is 0 Å². The van der Waals surface area contributed by atoms with Crippen molar-refractivity contribution < 1.29 is 19.4 Å². The third-order valence-corrected chi connectivity index (χ3v) is 1.26. The predicted octanol–water partition coefficient (Wildman–Crippen LogP) is -2.19. The summed E-state index contributed by atoms with van der Waals surface area (Å²) in [5, 5.41) is 8.61. The molecular weight excluding hydrogens is 184 g/mol. The maximum Gasteiger partial charge on any atom is 0.370 e. The van der Waals surface area contributed by atoms with Gasteiger partial charge < -0.3 is 20.9 Å². The van der Waals surface area contributed by atoms with E-state index in [0.717, 1.165) is 7.11 Å². The maximum absolute atomic E-state index is 10.7. The molecular formula is C5H10N2O4S. The summed E-state index contributed by atoms with van der Waals surface area (Å²) in [6, 6.07) is 0. The molecule has 0 aromatic rings. The number of nitrogens with two attached hydrogens (primary N) is 1. The Kier molecular flexibility index (Phi) is 4.01. The Morgan fingerprint density at radius 3 is 2.58 bits per heavy atom. The van der Waals surface area contributed by atoms with Crippen LogP contribution in [0.15, 0.2) is 0 Å². The molecule has 7 heteroatoms. The Morgan fingerprint density at radius 2 is 2.25 bits per heavy atom. The van der Waals surface area contributed by atoms with Crippen molar-refractivity contribution in [3.05, 3.63) is 0 Å². The highest BCUT2D eigenvalue weighted by molar-refractivity contribution is 7.82. The maximum atomic E-state index is 10.7. The van der Waals surface area contributed by atoms with Crippen molar-refractivity contribution in [1.29, 1.82) is 0 Å². The van der Waals surface area contributed by atoms with Gasteiger partial charge in [-0.05, 0) is 0 Å². The molecule has 1 amide bonds. The second-order valence-electron chi connectivity index (χ2n) is 1.92. The molecule has 0 saturated heterocycles. The van der Waals surface area contributed by atoms with Gasteiger partial charge in [0.25, 0.3) is 5.06 Å². The lowest BCUT2D eigenvalue weighted by Crippen LogP contribution is -2.52. The summed E-state index contributed by atoms with van der Waals surface area (Å²) in [4.78, 5) is 21.3. The fourth-order valence-electron chi connectivity index (χ4n) is 0.439. The van der Waals surface area contributed by atoms with Crippen LogP contribution in [0.25, 0.3) is 0 Å². The van der Waals surface area contributed by atoms with Crippen molar-refractivity contribution in [2.75, 3.05) is 13.7 Å². The highest BCUT2D eigenvalue weighted by atomic mass is 32.1. The molecule has 0 rings (SSSR count). The highest BCUT2D eigenvalue weighted by Crippen LogP contribution is 2.06. The predicted molar refractivity (Wildman–Crippen MR) is 43.1 cm³/mol. The van der Waals surface area contributed by atoms with Crippen LogP contribution in [0.5, 0.6) is 0 Å². The van der Waals surface area contributed by atoms with Gasteiger partial charge in [0.2, 0.25) is 5.91 Å². The van der Waals surface area contributed by atoms with Crippen LogP contribution < -0.4 is 11.1 Å². The fraction of sp³-hybridized carbons (Fsp3) is 0.600. The summed E-state index contributed by atoms with van der Waals surface area (Å²) in [7, 11) is 1.05. The quantitative estimate of drug-likeness (QED) is 0.232. The van der Waals surface area contributed by atoms with E-state index < -0.39 is 16.9 Å². The van der Waals surface area contributed by atoms with Crippen molar-refractivity contribution in [3.8, 4) is 0 Å². The lowest BCUT2D eigenvalue weighted by Gasteiger charge is -2.19. The average Bonchev–Trinajstić information content (AvgIpc) is 2.02. The smallest absolute Gasteiger partial charge is 0.370 e. The number of thiol groups is 1. The van der Waals surface area contributed by atoms with Crippen molar-refractivity contribution in [3.63, 3.8) is 0 Å². The molecule has 0 radical (unpaired) electrons. The molecule has 1 atom stereocenters. The summed E-state index contributed by atoms with van der Waals surface area (Å²) < 4.78 is 4.14. The third-order valence-electron chi connectivity index (χ3n) is 0.969. The molecule has 0 bridgehead atoms. The number of rotatable bonds is 3. The number of methoxy groups -OCH3 is 1. The third kappa shape index (κ3) is 3.07. The summed E-state index contributed by atoms with van der Waals surface area (Å²) in [5.41, 5.74) is 4.91. The highest BCUT2D eigenvalue weighted by Gasteiger charge is 2.34. The van der Waals surface area contributed by atoms with Gasteiger partial charge in [0.1, 0.15) is 0 Å². The number of amides is 1. The van der Waals surface area contributed by atoms with Crippen LogP contribution in [0.3, 0.4) is 0 Å². The Bertz CT molecular complexity index is 194. The number of carbonyl (C=O) groups is 2. The summed E-state index contributed by atoms with van der Waals surface area (Å²) in [6.45, 7) is -0.347. The molecule has 4 N–H and O–H groups in total. The Morgan fingerprint density at radius 1 is 1.75 bits per heavy atom. The zero-order valence-electron chi connectivity index (χ0n) is 6.40. The average molecular weight is 194 g/mol. The topological polar surface area (TPSA) is 102 Å². The monoisotopic (exact) mass is 194 g/mol. The van der Waals surface area contributed by atoms with Crippen LogP contribution >= 0.6 is 12.6 Å². The normalized spacial score (nSPS) is 14.7. The minimum absolute atomic E-state index is 0.347. The molecule has 0 aromatic heterocycles. The van der Waals surface area contributed by atoms with Crippen LogP contribution in [0.4, 0.5) is 0 Å². The SMILES string of the molecule is COC(=O)C(O)(S)NC(=O)CN. The molecule has 70 valence electrons. The van der Waals surface area contributed by atoms with Gasteiger partial charge >= 0.3 is 5.97 Å². The zero-order valence-corrected chi connectivity index (χ0v) is 7.30. The molecule has 6 nitrogen and oxygen atoms in total. The lowest BCUT2D eigenvalue weighted by molar-refractivity contribution is -0.157. The van der Waals surface area contributed by atoms with Gasteiger partial charge in [-0.2, -0.15) is 0 Å². The summed E-state index contributed by atoms with van der Waals surface area (Å²) >= 11 is 3.45. The second kappa shape index (κ2) is 4.29. The van der Waals surface area contributed by atoms with Crippen molar-refractivity contribution in [1.82, 2.24) is 5.32 Å². The van der Waals surface area contributed by atoms with Crippen LogP contribution in [0, 0.1) is 0 Å². The number of ether oxygens (including phenoxy) is 1. The second-order valence-corrected chi connectivity index (χ2v) is 2.56. The Balaban J connectivity index is 4.21. The first-order chi connectivity index (χ1) is 5.44. The van der Waals surface area contributed by atoms with Crippen molar-refractivity contribution in [2.24, 2.45) is 5.73 Å². The van der Waals surface area contributed by atoms with Crippen LogP contribution in [-0.4, -0.2) is 35.7 Å².